The summed E-state index contributed by atoms with van der Waals surface area (Å²) in [5.74, 6) is 0.163. The Morgan fingerprint density at radius 3 is 2.33 bits per heavy atom. The Hall–Kier alpha value is -1.56. The molecule has 1 N–H and O–H groups in total. The molecule has 1 aromatic rings. The summed E-state index contributed by atoms with van der Waals surface area (Å²) in [6, 6.07) is 5.19. The summed E-state index contributed by atoms with van der Waals surface area (Å²) >= 11 is 0. The number of nitrogens with zero attached hydrogens (tertiary/aromatic N) is 1. The monoisotopic (exact) mass is 298 g/mol. The van der Waals surface area contributed by atoms with Crippen molar-refractivity contribution in [2.24, 2.45) is 5.92 Å². The van der Waals surface area contributed by atoms with E-state index in [1.54, 1.807) is 0 Å². The summed E-state index contributed by atoms with van der Waals surface area (Å²) in [6.45, 7) is 3.05. The molecule has 21 heavy (non-hydrogen) atoms. The predicted molar refractivity (Wildman–Crippen MR) is 71.7 cm³/mol. The van der Waals surface area contributed by atoms with Crippen LogP contribution in [-0.4, -0.2) is 37.0 Å². The van der Waals surface area contributed by atoms with Crippen molar-refractivity contribution in [2.75, 3.05) is 26.2 Å². The molecule has 1 amide bonds. The van der Waals surface area contributed by atoms with Crippen LogP contribution in [0.5, 0.6) is 0 Å². The number of hydrogen-bond acceptors (Lipinski definition) is 2. The van der Waals surface area contributed by atoms with Crippen molar-refractivity contribution in [3.8, 4) is 0 Å². The number of alkyl halides is 3. The van der Waals surface area contributed by atoms with E-state index in [0.29, 0.717) is 0 Å². The Balaban J connectivity index is 1.63. The molecule has 0 unspecified atom stereocenters. The van der Waals surface area contributed by atoms with Gasteiger partial charge in [0, 0.05) is 32.1 Å². The Labute approximate surface area is 121 Å². The molecular weight excluding hydrogens is 281 g/mol. The quantitative estimate of drug-likeness (QED) is 0.908. The van der Waals surface area contributed by atoms with Crippen LogP contribution in [0.15, 0.2) is 24.3 Å². The van der Waals surface area contributed by atoms with E-state index in [-0.39, 0.29) is 17.7 Å². The smallest absolute Gasteiger partial charge is 0.340 e. The lowest BCUT2D eigenvalue weighted by molar-refractivity contribution is -0.137. The lowest BCUT2D eigenvalue weighted by Crippen LogP contribution is -2.47. The highest BCUT2D eigenvalue weighted by molar-refractivity contribution is 5.83. The molecule has 1 aliphatic heterocycles. The molecule has 0 bridgehead atoms. The topological polar surface area (TPSA) is 32.3 Å². The van der Waals surface area contributed by atoms with Crippen LogP contribution in [0.2, 0.25) is 0 Å². The molecular formula is C15H17F3N2O. The van der Waals surface area contributed by atoms with Crippen LogP contribution in [0, 0.1) is 5.92 Å². The summed E-state index contributed by atoms with van der Waals surface area (Å²) in [7, 11) is 0. The van der Waals surface area contributed by atoms with Gasteiger partial charge in [0.1, 0.15) is 0 Å². The molecule has 2 atom stereocenters. The van der Waals surface area contributed by atoms with Crippen molar-refractivity contribution in [3.05, 3.63) is 35.4 Å². The summed E-state index contributed by atoms with van der Waals surface area (Å²) < 4.78 is 37.6. The van der Waals surface area contributed by atoms with Gasteiger partial charge < -0.3 is 10.2 Å². The normalized spacial score (nSPS) is 25.8. The van der Waals surface area contributed by atoms with Crippen molar-refractivity contribution >= 4 is 5.91 Å². The molecule has 0 spiro atoms. The lowest BCUT2D eigenvalue weighted by atomic mass is 10.1. The Morgan fingerprint density at radius 1 is 1.14 bits per heavy atom. The Morgan fingerprint density at radius 2 is 1.76 bits per heavy atom. The van der Waals surface area contributed by atoms with E-state index in [2.05, 4.69) is 5.32 Å². The SMILES string of the molecule is O=C([C@@H]1C[C@H]1c1ccc(C(F)(F)F)cc1)N1CCNCC1. The fourth-order valence-corrected chi connectivity index (χ4v) is 2.88. The summed E-state index contributed by atoms with van der Waals surface area (Å²) in [5, 5.41) is 3.19. The minimum Gasteiger partial charge on any atom is -0.340 e. The molecule has 1 aliphatic carbocycles. The van der Waals surface area contributed by atoms with Crippen molar-refractivity contribution in [1.82, 2.24) is 10.2 Å². The van der Waals surface area contributed by atoms with E-state index in [1.807, 2.05) is 4.90 Å². The molecule has 0 aromatic heterocycles. The van der Waals surface area contributed by atoms with Crippen LogP contribution in [-0.2, 0) is 11.0 Å². The van der Waals surface area contributed by atoms with Crippen LogP contribution >= 0.6 is 0 Å². The Kier molecular flexibility index (Phi) is 3.65. The summed E-state index contributed by atoms with van der Waals surface area (Å²) in [5.41, 5.74) is 0.188. The van der Waals surface area contributed by atoms with E-state index < -0.39 is 11.7 Å². The van der Waals surface area contributed by atoms with Gasteiger partial charge in [0.2, 0.25) is 5.91 Å². The van der Waals surface area contributed by atoms with Gasteiger partial charge in [-0.2, -0.15) is 13.2 Å². The van der Waals surface area contributed by atoms with Gasteiger partial charge in [0.15, 0.2) is 0 Å². The molecule has 0 radical (unpaired) electrons. The van der Waals surface area contributed by atoms with Gasteiger partial charge in [-0.1, -0.05) is 12.1 Å². The van der Waals surface area contributed by atoms with Gasteiger partial charge in [-0.05, 0) is 30.0 Å². The third-order valence-corrected chi connectivity index (χ3v) is 4.20. The standard InChI is InChI=1S/C15H17F3N2O/c16-15(17,18)11-3-1-10(2-4-11)12-9-13(12)14(21)20-7-5-19-6-8-20/h1-4,12-13,19H,5-9H2/t12-,13+/m0/s1. The molecule has 3 rings (SSSR count). The Bertz CT molecular complexity index is 521. The number of hydrogen-bond donors (Lipinski definition) is 1. The van der Waals surface area contributed by atoms with Crippen molar-refractivity contribution in [2.45, 2.75) is 18.5 Å². The van der Waals surface area contributed by atoms with E-state index >= 15 is 0 Å². The largest absolute Gasteiger partial charge is 0.416 e. The first-order valence-electron chi connectivity index (χ1n) is 7.13. The fourth-order valence-electron chi connectivity index (χ4n) is 2.88. The van der Waals surface area contributed by atoms with Gasteiger partial charge in [0.25, 0.3) is 0 Å². The first-order valence-corrected chi connectivity index (χ1v) is 7.13. The van der Waals surface area contributed by atoms with Crippen LogP contribution in [0.1, 0.15) is 23.5 Å². The number of carbonyl (C=O) groups is 1. The number of nitrogens with one attached hydrogen (secondary N) is 1. The third-order valence-electron chi connectivity index (χ3n) is 4.20. The summed E-state index contributed by atoms with van der Waals surface area (Å²) in [6.07, 6.45) is -3.56. The van der Waals surface area contributed by atoms with E-state index in [4.69, 9.17) is 0 Å². The maximum absolute atomic E-state index is 12.5. The molecule has 2 aliphatic rings. The second kappa shape index (κ2) is 5.33. The minimum absolute atomic E-state index is 0.0557. The maximum atomic E-state index is 12.5. The van der Waals surface area contributed by atoms with E-state index in [0.717, 1.165) is 50.3 Å². The number of amides is 1. The zero-order valence-corrected chi connectivity index (χ0v) is 11.5. The van der Waals surface area contributed by atoms with Crippen LogP contribution < -0.4 is 5.32 Å². The first-order chi connectivity index (χ1) is 9.97. The summed E-state index contributed by atoms with van der Waals surface area (Å²) in [4.78, 5) is 14.1. The molecule has 1 saturated heterocycles. The average molecular weight is 298 g/mol. The highest BCUT2D eigenvalue weighted by Crippen LogP contribution is 2.48. The van der Waals surface area contributed by atoms with Crippen molar-refractivity contribution < 1.29 is 18.0 Å². The zero-order valence-electron chi connectivity index (χ0n) is 11.5. The second-order valence-corrected chi connectivity index (χ2v) is 5.64. The molecule has 3 nitrogen and oxygen atoms in total. The van der Waals surface area contributed by atoms with Crippen molar-refractivity contribution in [1.29, 1.82) is 0 Å². The van der Waals surface area contributed by atoms with Crippen LogP contribution in [0.3, 0.4) is 0 Å². The van der Waals surface area contributed by atoms with Gasteiger partial charge in [0.05, 0.1) is 5.56 Å². The zero-order chi connectivity index (χ0) is 15.0. The van der Waals surface area contributed by atoms with Gasteiger partial charge in [-0.25, -0.2) is 0 Å². The second-order valence-electron chi connectivity index (χ2n) is 5.64. The molecule has 6 heteroatoms. The number of halogens is 3. The number of benzene rings is 1. The van der Waals surface area contributed by atoms with Gasteiger partial charge in [-0.15, -0.1) is 0 Å². The molecule has 1 heterocycles. The number of carbonyl (C=O) groups excluding carboxylic acids is 1. The molecule has 114 valence electrons. The average Bonchev–Trinajstić information content (AvgIpc) is 3.27. The van der Waals surface area contributed by atoms with Crippen LogP contribution in [0.4, 0.5) is 13.2 Å². The van der Waals surface area contributed by atoms with Crippen molar-refractivity contribution in [3.63, 3.8) is 0 Å². The lowest BCUT2D eigenvalue weighted by Gasteiger charge is -2.27. The highest BCUT2D eigenvalue weighted by Gasteiger charge is 2.46. The van der Waals surface area contributed by atoms with E-state index in [9.17, 15) is 18.0 Å². The predicted octanol–water partition coefficient (Wildman–Crippen LogP) is 2.24. The van der Waals surface area contributed by atoms with E-state index in [1.165, 1.54) is 12.1 Å². The third kappa shape index (κ3) is 3.05. The first kappa shape index (κ1) is 14.4. The molecule has 1 aromatic carbocycles. The maximum Gasteiger partial charge on any atom is 0.416 e. The minimum atomic E-state index is -4.31. The van der Waals surface area contributed by atoms with Gasteiger partial charge >= 0.3 is 6.18 Å². The number of rotatable bonds is 2. The van der Waals surface area contributed by atoms with Gasteiger partial charge in [-0.3, -0.25) is 4.79 Å². The fraction of sp³-hybridized carbons (Fsp3) is 0.533. The molecule has 2 fully saturated rings. The molecule has 1 saturated carbocycles. The van der Waals surface area contributed by atoms with Crippen LogP contribution in [0.25, 0.3) is 0 Å². The highest BCUT2D eigenvalue weighted by atomic mass is 19.4. The number of piperazine rings is 1.